The van der Waals surface area contributed by atoms with Crippen molar-refractivity contribution in [2.75, 3.05) is 5.32 Å². The number of nitrogens with zero attached hydrogens (tertiary/aromatic N) is 2. The Bertz CT molecular complexity index is 545. The number of carbonyl (C=O) groups excluding carboxylic acids is 1. The molecule has 1 aromatic heterocycles. The minimum absolute atomic E-state index is 0.0920. The first-order valence-electron chi connectivity index (χ1n) is 7.26. The minimum Gasteiger partial charge on any atom is -0.481 e. The number of urea groups is 1. The Balaban J connectivity index is 1.64. The van der Waals surface area contributed by atoms with Gasteiger partial charge in [0.25, 0.3) is 0 Å². The Labute approximate surface area is 127 Å². The van der Waals surface area contributed by atoms with Crippen LogP contribution in [0.25, 0.3) is 0 Å². The topological polar surface area (TPSA) is 82.5 Å². The number of carboxylic acid groups (broad SMARTS) is 1. The molecular weight excluding hydrogens is 290 g/mol. The summed E-state index contributed by atoms with van der Waals surface area (Å²) >= 11 is 1.43. The molecule has 2 saturated heterocycles. The number of anilines is 1. The molecule has 1 aromatic rings. The molecule has 0 aliphatic carbocycles. The minimum atomic E-state index is -0.740. The Hall–Kier alpha value is -1.63. The summed E-state index contributed by atoms with van der Waals surface area (Å²) in [5.41, 5.74) is 0.901. The van der Waals surface area contributed by atoms with Crippen molar-refractivity contribution >= 4 is 28.5 Å². The predicted molar refractivity (Wildman–Crippen MR) is 79.5 cm³/mol. The molecule has 21 heavy (non-hydrogen) atoms. The van der Waals surface area contributed by atoms with Gasteiger partial charge in [-0.15, -0.1) is 11.3 Å². The number of nitrogens with one attached hydrogen (secondary N) is 1. The van der Waals surface area contributed by atoms with Crippen molar-refractivity contribution in [2.45, 2.75) is 51.1 Å². The number of carbonyl (C=O) groups is 2. The number of aromatic nitrogens is 1. The van der Waals surface area contributed by atoms with Gasteiger partial charge in [-0.1, -0.05) is 0 Å². The number of carboxylic acids is 1. The van der Waals surface area contributed by atoms with Crippen LogP contribution in [0.4, 0.5) is 9.93 Å². The van der Waals surface area contributed by atoms with Crippen molar-refractivity contribution in [3.63, 3.8) is 0 Å². The summed E-state index contributed by atoms with van der Waals surface area (Å²) in [5.74, 6) is -0.540. The second-order valence-electron chi connectivity index (χ2n) is 5.95. The number of amides is 2. The van der Waals surface area contributed by atoms with Gasteiger partial charge in [0.2, 0.25) is 0 Å². The molecule has 2 unspecified atom stereocenters. The van der Waals surface area contributed by atoms with E-state index in [9.17, 15) is 9.59 Å². The molecule has 3 heterocycles. The third-order valence-corrected chi connectivity index (χ3v) is 5.24. The molecule has 114 valence electrons. The van der Waals surface area contributed by atoms with E-state index < -0.39 is 5.97 Å². The van der Waals surface area contributed by atoms with Crippen LogP contribution in [0.3, 0.4) is 0 Å². The highest BCUT2D eigenvalue weighted by Gasteiger charge is 2.43. The second kappa shape index (κ2) is 5.63. The van der Waals surface area contributed by atoms with Crippen LogP contribution < -0.4 is 5.32 Å². The van der Waals surface area contributed by atoms with E-state index in [2.05, 4.69) is 10.3 Å². The number of hydrogen-bond acceptors (Lipinski definition) is 4. The highest BCUT2D eigenvalue weighted by atomic mass is 32.1. The van der Waals surface area contributed by atoms with Crippen LogP contribution in [0, 0.1) is 12.8 Å². The molecule has 2 bridgehead atoms. The predicted octanol–water partition coefficient (Wildman–Crippen LogP) is 2.70. The third-order valence-electron chi connectivity index (χ3n) is 4.36. The lowest BCUT2D eigenvalue weighted by Crippen LogP contribution is -2.48. The van der Waals surface area contributed by atoms with Crippen molar-refractivity contribution in [1.29, 1.82) is 0 Å². The van der Waals surface area contributed by atoms with Gasteiger partial charge in [-0.25, -0.2) is 9.78 Å². The maximum absolute atomic E-state index is 12.4. The first kappa shape index (κ1) is 14.3. The quantitative estimate of drug-likeness (QED) is 0.899. The SMILES string of the molecule is Cc1csc(NC(=O)N2C3CCC2CC(CC(=O)O)C3)n1. The van der Waals surface area contributed by atoms with Crippen LogP contribution in [0.2, 0.25) is 0 Å². The molecule has 2 fully saturated rings. The molecule has 0 radical (unpaired) electrons. The fourth-order valence-electron chi connectivity index (χ4n) is 3.60. The summed E-state index contributed by atoms with van der Waals surface area (Å²) < 4.78 is 0. The van der Waals surface area contributed by atoms with Crippen molar-refractivity contribution in [1.82, 2.24) is 9.88 Å². The highest BCUT2D eigenvalue weighted by molar-refractivity contribution is 7.13. The maximum Gasteiger partial charge on any atom is 0.324 e. The van der Waals surface area contributed by atoms with Crippen LogP contribution in [0.5, 0.6) is 0 Å². The maximum atomic E-state index is 12.4. The van der Waals surface area contributed by atoms with Gasteiger partial charge in [-0.05, 0) is 38.5 Å². The van der Waals surface area contributed by atoms with Crippen molar-refractivity contribution < 1.29 is 14.7 Å². The van der Waals surface area contributed by atoms with Crippen LogP contribution in [0.15, 0.2) is 5.38 Å². The van der Waals surface area contributed by atoms with E-state index in [1.807, 2.05) is 17.2 Å². The van der Waals surface area contributed by atoms with Crippen molar-refractivity contribution in [3.8, 4) is 0 Å². The Kier molecular flexibility index (Phi) is 3.84. The lowest BCUT2D eigenvalue weighted by atomic mass is 9.88. The molecule has 2 amide bonds. The van der Waals surface area contributed by atoms with E-state index in [1.54, 1.807) is 0 Å². The fourth-order valence-corrected chi connectivity index (χ4v) is 4.28. The number of thiazole rings is 1. The first-order valence-corrected chi connectivity index (χ1v) is 8.14. The van der Waals surface area contributed by atoms with Crippen LogP contribution in [-0.4, -0.2) is 39.1 Å². The number of aliphatic carboxylic acids is 1. The number of aryl methyl sites for hydroxylation is 1. The Morgan fingerprint density at radius 3 is 2.62 bits per heavy atom. The van der Waals surface area contributed by atoms with Gasteiger partial charge >= 0.3 is 12.0 Å². The Morgan fingerprint density at radius 2 is 2.10 bits per heavy atom. The monoisotopic (exact) mass is 309 g/mol. The molecule has 7 heteroatoms. The normalized spacial score (nSPS) is 27.7. The molecular formula is C14H19N3O3S. The summed E-state index contributed by atoms with van der Waals surface area (Å²) in [4.78, 5) is 29.5. The molecule has 0 aromatic carbocycles. The van der Waals surface area contributed by atoms with Gasteiger partial charge in [-0.2, -0.15) is 0 Å². The lowest BCUT2D eigenvalue weighted by molar-refractivity contribution is -0.138. The molecule has 2 aliphatic heterocycles. The number of fused-ring (bicyclic) bond motifs is 2. The van der Waals surface area contributed by atoms with Gasteiger partial charge in [0, 0.05) is 23.9 Å². The van der Waals surface area contributed by atoms with Gasteiger partial charge in [-0.3, -0.25) is 10.1 Å². The van der Waals surface area contributed by atoms with Crippen molar-refractivity contribution in [3.05, 3.63) is 11.1 Å². The average Bonchev–Trinajstić information content (AvgIpc) is 2.91. The van der Waals surface area contributed by atoms with Gasteiger partial charge in [0.05, 0.1) is 5.69 Å². The van der Waals surface area contributed by atoms with E-state index in [4.69, 9.17) is 5.11 Å². The van der Waals surface area contributed by atoms with Crippen molar-refractivity contribution in [2.24, 2.45) is 5.92 Å². The van der Waals surface area contributed by atoms with E-state index in [1.165, 1.54) is 11.3 Å². The summed E-state index contributed by atoms with van der Waals surface area (Å²) in [6.07, 6.45) is 3.77. The molecule has 2 N–H and O–H groups in total. The molecule has 2 atom stereocenters. The largest absolute Gasteiger partial charge is 0.481 e. The number of piperidine rings is 1. The van der Waals surface area contributed by atoms with Crippen LogP contribution in [0.1, 0.15) is 37.8 Å². The fraction of sp³-hybridized carbons (Fsp3) is 0.643. The van der Waals surface area contributed by atoms with Gasteiger partial charge < -0.3 is 10.0 Å². The van der Waals surface area contributed by atoms with Gasteiger partial charge in [0.1, 0.15) is 0 Å². The number of rotatable bonds is 3. The lowest BCUT2D eigenvalue weighted by Gasteiger charge is -2.38. The third kappa shape index (κ3) is 3.02. The van der Waals surface area contributed by atoms with Crippen LogP contribution in [-0.2, 0) is 4.79 Å². The summed E-state index contributed by atoms with van der Waals surface area (Å²) in [5, 5.41) is 14.3. The first-order chi connectivity index (χ1) is 10.0. The van der Waals surface area contributed by atoms with E-state index in [-0.39, 0.29) is 30.5 Å². The molecule has 0 saturated carbocycles. The zero-order chi connectivity index (χ0) is 15.0. The zero-order valence-corrected chi connectivity index (χ0v) is 12.7. The summed E-state index contributed by atoms with van der Waals surface area (Å²) in [6.45, 7) is 1.90. The summed E-state index contributed by atoms with van der Waals surface area (Å²) in [6, 6.07) is 0.258. The highest BCUT2D eigenvalue weighted by Crippen LogP contribution is 2.40. The standard InChI is InChI=1S/C14H19N3O3S/c1-8-7-21-13(15-8)16-14(20)17-10-2-3-11(17)5-9(4-10)6-12(18)19/h7,9-11H,2-6H2,1H3,(H,18,19)(H,15,16,20). The zero-order valence-electron chi connectivity index (χ0n) is 11.9. The molecule has 0 spiro atoms. The molecule has 6 nitrogen and oxygen atoms in total. The van der Waals surface area contributed by atoms with Crippen LogP contribution >= 0.6 is 11.3 Å². The summed E-state index contributed by atoms with van der Waals surface area (Å²) in [7, 11) is 0. The number of hydrogen-bond donors (Lipinski definition) is 2. The van der Waals surface area contributed by atoms with E-state index in [0.717, 1.165) is 31.4 Å². The van der Waals surface area contributed by atoms with E-state index >= 15 is 0 Å². The molecule has 2 aliphatic rings. The average molecular weight is 309 g/mol. The Morgan fingerprint density at radius 1 is 1.43 bits per heavy atom. The van der Waals surface area contributed by atoms with Gasteiger partial charge in [0.15, 0.2) is 5.13 Å². The van der Waals surface area contributed by atoms with E-state index in [0.29, 0.717) is 5.13 Å². The molecule has 3 rings (SSSR count). The second-order valence-corrected chi connectivity index (χ2v) is 6.81. The smallest absolute Gasteiger partial charge is 0.324 e.